The van der Waals surface area contributed by atoms with Crippen LogP contribution in [-0.4, -0.2) is 54.2 Å². The van der Waals surface area contributed by atoms with E-state index in [1.165, 1.54) is 5.56 Å². The Morgan fingerprint density at radius 3 is 2.73 bits per heavy atom. The molecule has 5 atom stereocenters. The van der Waals surface area contributed by atoms with Gasteiger partial charge in [0.25, 0.3) is 0 Å². The van der Waals surface area contributed by atoms with E-state index in [1.807, 2.05) is 19.1 Å². The molecule has 7 nitrogen and oxygen atoms in total. The summed E-state index contributed by atoms with van der Waals surface area (Å²) in [7, 11) is 0. The fraction of sp³-hybridized carbons (Fsp3) is 0.652. The minimum absolute atomic E-state index is 0.0428. The SMILES string of the molecule is CCOCC(=O)O[C@@H]1C[C@@H]2Cc3c(cccc3OCC(=O)O)C[C@@H]2[C@H]1CC[C@H](C)O. The maximum Gasteiger partial charge on any atom is 0.341 e. The number of carbonyl (C=O) groups excluding carboxylic acids is 1. The molecule has 0 saturated heterocycles. The molecule has 30 heavy (non-hydrogen) atoms. The van der Waals surface area contributed by atoms with Crippen LogP contribution in [0.3, 0.4) is 0 Å². The molecule has 0 amide bonds. The second kappa shape index (κ2) is 10.3. The average molecular weight is 421 g/mol. The number of ether oxygens (including phenoxy) is 3. The molecule has 1 saturated carbocycles. The number of carboxylic acid groups (broad SMARTS) is 1. The van der Waals surface area contributed by atoms with Crippen LogP contribution < -0.4 is 4.74 Å². The normalized spacial score (nSPS) is 25.8. The van der Waals surface area contributed by atoms with Crippen LogP contribution in [0.1, 0.15) is 44.2 Å². The van der Waals surface area contributed by atoms with Crippen LogP contribution in [0.5, 0.6) is 5.75 Å². The Hall–Kier alpha value is -2.12. The molecule has 0 aromatic heterocycles. The first kappa shape index (κ1) is 22.6. The summed E-state index contributed by atoms with van der Waals surface area (Å²) >= 11 is 0. The van der Waals surface area contributed by atoms with Crippen molar-refractivity contribution >= 4 is 11.9 Å². The van der Waals surface area contributed by atoms with Gasteiger partial charge in [0, 0.05) is 6.61 Å². The molecule has 2 aliphatic rings. The van der Waals surface area contributed by atoms with E-state index >= 15 is 0 Å². The number of rotatable bonds is 10. The van der Waals surface area contributed by atoms with Crippen LogP contribution in [0.2, 0.25) is 0 Å². The number of aliphatic hydroxyl groups excluding tert-OH is 1. The predicted octanol–water partition coefficient (Wildman–Crippen LogP) is 2.61. The summed E-state index contributed by atoms with van der Waals surface area (Å²) in [6, 6.07) is 5.79. The molecule has 1 aromatic rings. The molecule has 166 valence electrons. The third-order valence-corrected chi connectivity index (χ3v) is 6.30. The van der Waals surface area contributed by atoms with Crippen molar-refractivity contribution in [3.05, 3.63) is 29.3 Å². The van der Waals surface area contributed by atoms with Gasteiger partial charge in [-0.3, -0.25) is 0 Å². The second-order valence-corrected chi connectivity index (χ2v) is 8.40. The number of hydrogen-bond donors (Lipinski definition) is 2. The van der Waals surface area contributed by atoms with Crippen molar-refractivity contribution in [2.75, 3.05) is 19.8 Å². The zero-order valence-electron chi connectivity index (χ0n) is 17.7. The van der Waals surface area contributed by atoms with Gasteiger partial charge in [0.2, 0.25) is 0 Å². The van der Waals surface area contributed by atoms with E-state index in [1.54, 1.807) is 6.92 Å². The van der Waals surface area contributed by atoms with Crippen molar-refractivity contribution in [2.24, 2.45) is 17.8 Å². The molecule has 0 bridgehead atoms. The number of fused-ring (bicyclic) bond motifs is 2. The van der Waals surface area contributed by atoms with E-state index in [0.29, 0.717) is 30.6 Å². The lowest BCUT2D eigenvalue weighted by molar-refractivity contribution is -0.156. The highest BCUT2D eigenvalue weighted by molar-refractivity contribution is 5.71. The number of hydrogen-bond acceptors (Lipinski definition) is 6. The predicted molar refractivity (Wildman–Crippen MR) is 109 cm³/mol. The van der Waals surface area contributed by atoms with Gasteiger partial charge < -0.3 is 24.4 Å². The first-order chi connectivity index (χ1) is 14.4. The van der Waals surface area contributed by atoms with Crippen molar-refractivity contribution in [2.45, 2.75) is 58.2 Å². The molecule has 1 aromatic carbocycles. The molecule has 0 spiro atoms. The molecule has 0 unspecified atom stereocenters. The van der Waals surface area contributed by atoms with Crippen molar-refractivity contribution < 1.29 is 34.0 Å². The first-order valence-corrected chi connectivity index (χ1v) is 10.8. The van der Waals surface area contributed by atoms with Crippen LogP contribution in [0.4, 0.5) is 0 Å². The summed E-state index contributed by atoms with van der Waals surface area (Å²) in [5.74, 6) is 0.164. The summed E-state index contributed by atoms with van der Waals surface area (Å²) in [4.78, 5) is 23.1. The van der Waals surface area contributed by atoms with Crippen molar-refractivity contribution in [1.29, 1.82) is 0 Å². The highest BCUT2D eigenvalue weighted by Crippen LogP contribution is 2.49. The van der Waals surface area contributed by atoms with Crippen LogP contribution in [0, 0.1) is 17.8 Å². The molecule has 0 aliphatic heterocycles. The van der Waals surface area contributed by atoms with E-state index in [0.717, 1.165) is 31.2 Å². The number of aliphatic hydroxyl groups is 1. The van der Waals surface area contributed by atoms with Gasteiger partial charge in [-0.25, -0.2) is 9.59 Å². The Kier molecular flexibility index (Phi) is 7.72. The maximum absolute atomic E-state index is 12.2. The van der Waals surface area contributed by atoms with Crippen LogP contribution in [0.25, 0.3) is 0 Å². The van der Waals surface area contributed by atoms with E-state index < -0.39 is 12.1 Å². The lowest BCUT2D eigenvalue weighted by atomic mass is 9.73. The van der Waals surface area contributed by atoms with Crippen molar-refractivity contribution in [1.82, 2.24) is 0 Å². The average Bonchev–Trinajstić information content (AvgIpc) is 3.03. The number of carboxylic acids is 1. The first-order valence-electron chi connectivity index (χ1n) is 10.8. The zero-order chi connectivity index (χ0) is 21.7. The maximum atomic E-state index is 12.2. The molecule has 2 aliphatic carbocycles. The van der Waals surface area contributed by atoms with E-state index in [9.17, 15) is 14.7 Å². The Labute approximate surface area is 177 Å². The molecular weight excluding hydrogens is 388 g/mol. The fourth-order valence-corrected chi connectivity index (χ4v) is 5.01. The third-order valence-electron chi connectivity index (χ3n) is 6.30. The van der Waals surface area contributed by atoms with Gasteiger partial charge in [-0.15, -0.1) is 0 Å². The van der Waals surface area contributed by atoms with Crippen LogP contribution in [-0.2, 0) is 31.9 Å². The molecule has 3 rings (SSSR count). The molecule has 7 heteroatoms. The van der Waals surface area contributed by atoms with Gasteiger partial charge in [-0.05, 0) is 80.9 Å². The van der Waals surface area contributed by atoms with Gasteiger partial charge in [-0.1, -0.05) is 12.1 Å². The number of carbonyl (C=O) groups is 2. The second-order valence-electron chi connectivity index (χ2n) is 8.40. The Bertz CT molecular complexity index is 745. The minimum atomic E-state index is -0.999. The Balaban J connectivity index is 1.76. The van der Waals surface area contributed by atoms with Gasteiger partial charge in [0.1, 0.15) is 18.5 Å². The Morgan fingerprint density at radius 2 is 2.03 bits per heavy atom. The summed E-state index contributed by atoms with van der Waals surface area (Å²) in [5.41, 5.74) is 2.23. The smallest absolute Gasteiger partial charge is 0.341 e. The number of benzene rings is 1. The number of esters is 1. The highest BCUT2D eigenvalue weighted by Gasteiger charge is 2.47. The number of aliphatic carboxylic acids is 1. The van der Waals surface area contributed by atoms with Gasteiger partial charge in [0.15, 0.2) is 6.61 Å². The van der Waals surface area contributed by atoms with Gasteiger partial charge in [0.05, 0.1) is 6.10 Å². The van der Waals surface area contributed by atoms with Crippen LogP contribution >= 0.6 is 0 Å². The standard InChI is InChI=1S/C23H32O7/c1-3-28-13-23(27)30-21-11-16-10-19-15(5-4-6-20(19)29-12-22(25)26)9-18(16)17(21)8-7-14(2)24/h4-6,14,16-18,21,24H,3,7-13H2,1-2H3,(H,25,26)/t14-,16-,17+,18-,21+/m0/s1. The van der Waals surface area contributed by atoms with Crippen LogP contribution in [0.15, 0.2) is 18.2 Å². The zero-order valence-corrected chi connectivity index (χ0v) is 17.7. The van der Waals surface area contributed by atoms with Gasteiger partial charge >= 0.3 is 11.9 Å². The topological polar surface area (TPSA) is 102 Å². The largest absolute Gasteiger partial charge is 0.482 e. The monoisotopic (exact) mass is 420 g/mol. The molecule has 2 N–H and O–H groups in total. The van der Waals surface area contributed by atoms with Gasteiger partial charge in [-0.2, -0.15) is 0 Å². The summed E-state index contributed by atoms with van der Waals surface area (Å²) in [6.45, 7) is 3.68. The fourth-order valence-electron chi connectivity index (χ4n) is 5.01. The summed E-state index contributed by atoms with van der Waals surface area (Å²) < 4.78 is 16.5. The van der Waals surface area contributed by atoms with Crippen molar-refractivity contribution in [3.63, 3.8) is 0 Å². The summed E-state index contributed by atoms with van der Waals surface area (Å²) in [6.07, 6.45) is 3.27. The highest BCUT2D eigenvalue weighted by atomic mass is 16.6. The molecule has 1 fully saturated rings. The molecule has 0 heterocycles. The Morgan fingerprint density at radius 1 is 1.23 bits per heavy atom. The third kappa shape index (κ3) is 5.52. The van der Waals surface area contributed by atoms with Crippen molar-refractivity contribution in [3.8, 4) is 5.75 Å². The quantitative estimate of drug-likeness (QED) is 0.561. The lowest BCUT2D eigenvalue weighted by Gasteiger charge is -2.32. The summed E-state index contributed by atoms with van der Waals surface area (Å²) in [5, 5.41) is 18.7. The molecular formula is C23H32O7. The molecule has 0 radical (unpaired) electrons. The van der Waals surface area contributed by atoms with E-state index in [4.69, 9.17) is 19.3 Å². The lowest BCUT2D eigenvalue weighted by Crippen LogP contribution is -2.30. The van der Waals surface area contributed by atoms with E-state index in [-0.39, 0.29) is 31.2 Å². The van der Waals surface area contributed by atoms with E-state index in [2.05, 4.69) is 6.07 Å². The minimum Gasteiger partial charge on any atom is -0.482 e.